The summed E-state index contributed by atoms with van der Waals surface area (Å²) in [5.74, 6) is -1.33. The van der Waals surface area contributed by atoms with Crippen LogP contribution >= 0.6 is 15.9 Å². The van der Waals surface area contributed by atoms with Gasteiger partial charge in [-0.1, -0.05) is 6.42 Å². The van der Waals surface area contributed by atoms with E-state index in [9.17, 15) is 35.9 Å². The number of rotatable bonds is 5. The monoisotopic (exact) mass is 660 g/mol. The van der Waals surface area contributed by atoms with E-state index in [-0.39, 0.29) is 29.2 Å². The van der Waals surface area contributed by atoms with E-state index in [0.717, 1.165) is 12.3 Å². The number of aromatic amines is 1. The van der Waals surface area contributed by atoms with Crippen molar-refractivity contribution in [3.63, 3.8) is 0 Å². The lowest BCUT2D eigenvalue weighted by Gasteiger charge is -2.31. The molecule has 2 atom stereocenters. The SMILES string of the molecule is O=c1[nH]ncc(N[C@H]2CCC[C@@H](Cn3cc(Br)c4cc(-c5ncc(C(F)(F)F)cn5)c(F)cc4c3=O)C2)c1C(F)(F)F. The first-order valence-electron chi connectivity index (χ1n) is 12.6. The molecule has 1 saturated carbocycles. The lowest BCUT2D eigenvalue weighted by molar-refractivity contribution is -0.139. The van der Waals surface area contributed by atoms with Crippen LogP contribution in [0.15, 0.2) is 51.0 Å². The summed E-state index contributed by atoms with van der Waals surface area (Å²) < 4.78 is 95.7. The van der Waals surface area contributed by atoms with E-state index in [1.54, 1.807) is 5.10 Å². The second-order valence-electron chi connectivity index (χ2n) is 9.96. The molecule has 42 heavy (non-hydrogen) atoms. The van der Waals surface area contributed by atoms with Crippen molar-refractivity contribution in [2.24, 2.45) is 5.92 Å². The first kappa shape index (κ1) is 29.7. The average Bonchev–Trinajstić information content (AvgIpc) is 2.90. The maximum absolute atomic E-state index is 15.1. The molecule has 4 aromatic rings. The fourth-order valence-corrected chi connectivity index (χ4v) is 5.74. The van der Waals surface area contributed by atoms with Crippen molar-refractivity contribution in [1.29, 1.82) is 0 Å². The molecule has 16 heteroatoms. The van der Waals surface area contributed by atoms with Gasteiger partial charge in [0.25, 0.3) is 11.1 Å². The van der Waals surface area contributed by atoms with Crippen LogP contribution in [0.4, 0.5) is 36.4 Å². The van der Waals surface area contributed by atoms with Crippen LogP contribution in [0.1, 0.15) is 36.8 Å². The van der Waals surface area contributed by atoms with Crippen molar-refractivity contribution in [3.05, 3.63) is 79.0 Å². The summed E-state index contributed by atoms with van der Waals surface area (Å²) in [5.41, 5.74) is -4.95. The number of nitrogens with one attached hydrogen (secondary N) is 2. The lowest BCUT2D eigenvalue weighted by Crippen LogP contribution is -2.33. The minimum atomic E-state index is -4.88. The smallest absolute Gasteiger partial charge is 0.380 e. The van der Waals surface area contributed by atoms with Gasteiger partial charge in [-0.25, -0.2) is 19.5 Å². The topological polar surface area (TPSA) is 106 Å². The number of aromatic nitrogens is 5. The van der Waals surface area contributed by atoms with Crippen LogP contribution in [0.5, 0.6) is 0 Å². The maximum atomic E-state index is 15.1. The second-order valence-corrected chi connectivity index (χ2v) is 10.8. The molecule has 1 aromatic carbocycles. The van der Waals surface area contributed by atoms with Crippen molar-refractivity contribution < 1.29 is 30.7 Å². The van der Waals surface area contributed by atoms with E-state index in [1.165, 1.54) is 16.8 Å². The predicted molar refractivity (Wildman–Crippen MR) is 141 cm³/mol. The third-order valence-corrected chi connectivity index (χ3v) is 7.71. The third-order valence-electron chi connectivity index (χ3n) is 7.08. The molecule has 1 aliphatic carbocycles. The van der Waals surface area contributed by atoms with Crippen LogP contribution in [0.3, 0.4) is 0 Å². The lowest BCUT2D eigenvalue weighted by atomic mass is 9.85. The molecule has 0 spiro atoms. The Labute approximate surface area is 240 Å². The molecule has 0 radical (unpaired) electrons. The number of hydrogen-bond donors (Lipinski definition) is 2. The molecule has 5 rings (SSSR count). The van der Waals surface area contributed by atoms with E-state index in [2.05, 4.69) is 36.3 Å². The number of benzene rings is 1. The summed E-state index contributed by atoms with van der Waals surface area (Å²) in [5, 5.41) is 8.35. The van der Waals surface area contributed by atoms with Crippen molar-refractivity contribution in [3.8, 4) is 11.4 Å². The first-order chi connectivity index (χ1) is 19.7. The van der Waals surface area contributed by atoms with Crippen LogP contribution in [0.25, 0.3) is 22.2 Å². The Bertz CT molecular complexity index is 1750. The average molecular weight is 661 g/mol. The highest BCUT2D eigenvalue weighted by Gasteiger charge is 2.38. The number of halogens is 8. The molecule has 0 aliphatic heterocycles. The Morgan fingerprint density at radius 1 is 1.00 bits per heavy atom. The Morgan fingerprint density at radius 3 is 2.38 bits per heavy atom. The molecule has 3 heterocycles. The summed E-state index contributed by atoms with van der Waals surface area (Å²) in [4.78, 5) is 32.4. The largest absolute Gasteiger partial charge is 0.423 e. The molecule has 222 valence electrons. The zero-order chi connectivity index (χ0) is 30.4. The highest BCUT2D eigenvalue weighted by Crippen LogP contribution is 2.35. The van der Waals surface area contributed by atoms with Gasteiger partial charge in [-0.05, 0) is 53.2 Å². The van der Waals surface area contributed by atoms with E-state index in [0.29, 0.717) is 47.9 Å². The molecular formula is C26H20BrF7N6O2. The molecule has 0 saturated heterocycles. The molecule has 1 aliphatic rings. The Hall–Kier alpha value is -3.82. The zero-order valence-corrected chi connectivity index (χ0v) is 22.9. The van der Waals surface area contributed by atoms with Gasteiger partial charge in [0.05, 0.1) is 28.4 Å². The van der Waals surface area contributed by atoms with Gasteiger partial charge in [0, 0.05) is 41.0 Å². The predicted octanol–water partition coefficient (Wildman–Crippen LogP) is 6.15. The maximum Gasteiger partial charge on any atom is 0.423 e. The third kappa shape index (κ3) is 6.03. The molecule has 0 bridgehead atoms. The van der Waals surface area contributed by atoms with E-state index >= 15 is 4.39 Å². The van der Waals surface area contributed by atoms with Crippen molar-refractivity contribution in [2.75, 3.05) is 5.32 Å². The number of alkyl halides is 6. The van der Waals surface area contributed by atoms with Gasteiger partial charge in [-0.2, -0.15) is 31.4 Å². The number of anilines is 1. The second kappa shape index (κ2) is 11.1. The summed E-state index contributed by atoms with van der Waals surface area (Å²) in [6, 6.07) is 1.83. The molecule has 3 aromatic heterocycles. The van der Waals surface area contributed by atoms with Gasteiger partial charge in [0.1, 0.15) is 11.4 Å². The van der Waals surface area contributed by atoms with Gasteiger partial charge in [-0.3, -0.25) is 9.59 Å². The minimum absolute atomic E-state index is 0.00688. The van der Waals surface area contributed by atoms with Crippen molar-refractivity contribution in [2.45, 2.75) is 50.6 Å². The molecule has 8 nitrogen and oxygen atoms in total. The van der Waals surface area contributed by atoms with Crippen LogP contribution in [-0.2, 0) is 18.9 Å². The van der Waals surface area contributed by atoms with Gasteiger partial charge >= 0.3 is 12.4 Å². The number of H-pyrrole nitrogens is 1. The summed E-state index contributed by atoms with van der Waals surface area (Å²) >= 11 is 3.37. The van der Waals surface area contributed by atoms with Gasteiger partial charge in [-0.15, -0.1) is 0 Å². The summed E-state index contributed by atoms with van der Waals surface area (Å²) in [7, 11) is 0. The Morgan fingerprint density at radius 2 is 1.71 bits per heavy atom. The molecule has 1 fully saturated rings. The van der Waals surface area contributed by atoms with Crippen LogP contribution in [0.2, 0.25) is 0 Å². The van der Waals surface area contributed by atoms with Crippen LogP contribution in [-0.4, -0.2) is 30.8 Å². The van der Waals surface area contributed by atoms with Crippen LogP contribution < -0.4 is 16.4 Å². The first-order valence-corrected chi connectivity index (χ1v) is 13.3. The van der Waals surface area contributed by atoms with Crippen LogP contribution in [0, 0.1) is 11.7 Å². The zero-order valence-electron chi connectivity index (χ0n) is 21.3. The van der Waals surface area contributed by atoms with Gasteiger partial charge in [0.15, 0.2) is 5.82 Å². The fourth-order valence-electron chi connectivity index (χ4n) is 5.16. The standard InChI is InChI=1S/C26H20BrF7N6O2/c27-18-11-40(10-12-2-1-3-14(4-12)38-20-9-37-39-23(41)21(20)26(32,33)34)24(42)16-6-19(28)17(5-15(16)18)22-35-7-13(8-36-22)25(29,30)31/h5-9,11-12,14H,1-4,10H2,(H2,38,39,41)/t12-,14+/m1/s1. The Kier molecular flexibility index (Phi) is 7.85. The number of fused-ring (bicyclic) bond motifs is 1. The van der Waals surface area contributed by atoms with Gasteiger partial charge < -0.3 is 9.88 Å². The quantitative estimate of drug-likeness (QED) is 0.249. The van der Waals surface area contributed by atoms with Crippen molar-refractivity contribution >= 4 is 32.4 Å². The van der Waals surface area contributed by atoms with E-state index in [1.807, 2.05) is 0 Å². The highest BCUT2D eigenvalue weighted by molar-refractivity contribution is 9.10. The number of pyridine rings is 1. The van der Waals surface area contributed by atoms with E-state index < -0.39 is 52.1 Å². The normalized spacial score (nSPS) is 17.9. The highest BCUT2D eigenvalue weighted by atomic mass is 79.9. The molecule has 0 amide bonds. The van der Waals surface area contributed by atoms with Gasteiger partial charge in [0.2, 0.25) is 0 Å². The summed E-state index contributed by atoms with van der Waals surface area (Å²) in [6.07, 6.45) is -3.78. The Balaban J connectivity index is 1.39. The van der Waals surface area contributed by atoms with E-state index in [4.69, 9.17) is 0 Å². The molecule has 0 unspecified atom stereocenters. The minimum Gasteiger partial charge on any atom is -0.380 e. The fraction of sp³-hybridized carbons (Fsp3) is 0.346. The molecular weight excluding hydrogens is 641 g/mol. The number of nitrogens with zero attached hydrogens (tertiary/aromatic N) is 4. The molecule has 2 N–H and O–H groups in total. The van der Waals surface area contributed by atoms with Crippen molar-refractivity contribution in [1.82, 2.24) is 24.7 Å². The number of hydrogen-bond acceptors (Lipinski definition) is 6. The summed E-state index contributed by atoms with van der Waals surface area (Å²) in [6.45, 7) is 0.191.